The van der Waals surface area contributed by atoms with E-state index in [-0.39, 0.29) is 35.2 Å². The lowest BCUT2D eigenvalue weighted by atomic mass is 10.0. The summed E-state index contributed by atoms with van der Waals surface area (Å²) in [7, 11) is 0. The summed E-state index contributed by atoms with van der Waals surface area (Å²) < 4.78 is 1.62. The minimum atomic E-state index is -0.407. The van der Waals surface area contributed by atoms with Crippen LogP contribution in [0.2, 0.25) is 5.02 Å². The van der Waals surface area contributed by atoms with Crippen molar-refractivity contribution < 1.29 is 4.79 Å². The SMILES string of the molecule is C=CC(=O)N1C[C@H](C)N(c2nc(=O)n(-c3c(C)ccnc3C(C)C)c3nc([C@H]4CC4(C)C)c(Cl)cc23)C[C@H]1C. The van der Waals surface area contributed by atoms with Gasteiger partial charge in [-0.1, -0.05) is 45.9 Å². The summed E-state index contributed by atoms with van der Waals surface area (Å²) >= 11 is 6.90. The van der Waals surface area contributed by atoms with Crippen molar-refractivity contribution in [2.75, 3.05) is 18.0 Å². The fourth-order valence-electron chi connectivity index (χ4n) is 5.85. The lowest BCUT2D eigenvalue weighted by molar-refractivity contribution is -0.128. The van der Waals surface area contributed by atoms with Crippen LogP contribution in [0.25, 0.3) is 16.7 Å². The first-order valence-electron chi connectivity index (χ1n) is 13.6. The zero-order valence-corrected chi connectivity index (χ0v) is 24.6. The highest BCUT2D eigenvalue weighted by atomic mass is 35.5. The second-order valence-corrected chi connectivity index (χ2v) is 12.5. The van der Waals surface area contributed by atoms with Crippen LogP contribution >= 0.6 is 11.6 Å². The molecule has 0 radical (unpaired) electrons. The molecule has 0 N–H and O–H groups in total. The van der Waals surface area contributed by atoms with Crippen molar-refractivity contribution in [3.63, 3.8) is 0 Å². The minimum Gasteiger partial charge on any atom is -0.349 e. The van der Waals surface area contributed by atoms with Crippen molar-refractivity contribution in [2.24, 2.45) is 5.41 Å². The first-order chi connectivity index (χ1) is 18.4. The van der Waals surface area contributed by atoms with Crippen molar-refractivity contribution in [3.05, 3.63) is 63.4 Å². The summed E-state index contributed by atoms with van der Waals surface area (Å²) in [6, 6.07) is 3.66. The molecule has 39 heavy (non-hydrogen) atoms. The van der Waals surface area contributed by atoms with Crippen molar-refractivity contribution in [1.82, 2.24) is 24.4 Å². The number of hydrogen-bond donors (Lipinski definition) is 0. The standard InChI is InChI=1S/C30H37ClN6O2/c1-9-23(38)35-14-19(6)36(15-18(35)5)27-20-12-22(31)25(21-13-30(21,7)8)33-28(20)37(29(39)34-27)26-17(4)10-11-32-24(26)16(2)3/h9-12,16,18-19,21H,1,13-15H2,2-8H3/t18-,19+,21-/m1/s1. The molecule has 0 bridgehead atoms. The molecule has 206 valence electrons. The summed E-state index contributed by atoms with van der Waals surface area (Å²) in [6.07, 6.45) is 4.12. The number of carbonyl (C=O) groups is 1. The summed E-state index contributed by atoms with van der Waals surface area (Å²) in [5, 5.41) is 1.29. The number of fused-ring (bicyclic) bond motifs is 1. The Morgan fingerprint density at radius 3 is 2.51 bits per heavy atom. The fraction of sp³-hybridized carbons (Fsp3) is 0.500. The van der Waals surface area contributed by atoms with Gasteiger partial charge in [-0.05, 0) is 62.3 Å². The molecule has 3 aromatic heterocycles. The molecule has 1 aliphatic heterocycles. The van der Waals surface area contributed by atoms with Crippen LogP contribution in [-0.2, 0) is 4.79 Å². The normalized spacial score (nSPS) is 22.4. The van der Waals surface area contributed by atoms with Crippen molar-refractivity contribution in [1.29, 1.82) is 0 Å². The van der Waals surface area contributed by atoms with E-state index in [1.165, 1.54) is 6.08 Å². The van der Waals surface area contributed by atoms with E-state index in [9.17, 15) is 9.59 Å². The monoisotopic (exact) mass is 548 g/mol. The molecule has 3 atom stereocenters. The van der Waals surface area contributed by atoms with E-state index in [0.29, 0.717) is 35.0 Å². The molecule has 1 saturated carbocycles. The third-order valence-electron chi connectivity index (χ3n) is 8.31. The summed E-state index contributed by atoms with van der Waals surface area (Å²) in [4.78, 5) is 44.8. The molecule has 0 spiro atoms. The summed E-state index contributed by atoms with van der Waals surface area (Å²) in [5.74, 6) is 0.755. The first-order valence-corrected chi connectivity index (χ1v) is 14.0. The van der Waals surface area contributed by atoms with Gasteiger partial charge in [-0.2, -0.15) is 4.98 Å². The van der Waals surface area contributed by atoms with Crippen molar-refractivity contribution in [2.45, 2.75) is 78.8 Å². The number of rotatable bonds is 5. The molecule has 8 nitrogen and oxygen atoms in total. The van der Waals surface area contributed by atoms with Crippen LogP contribution in [0.5, 0.6) is 0 Å². The lowest BCUT2D eigenvalue weighted by Gasteiger charge is -2.44. The van der Waals surface area contributed by atoms with E-state index < -0.39 is 5.69 Å². The highest BCUT2D eigenvalue weighted by Crippen LogP contribution is 2.59. The van der Waals surface area contributed by atoms with E-state index in [0.717, 1.165) is 29.1 Å². The Bertz CT molecular complexity index is 1540. The number of piperazine rings is 1. The van der Waals surface area contributed by atoms with E-state index in [1.807, 2.05) is 37.8 Å². The average molecular weight is 549 g/mol. The minimum absolute atomic E-state index is 0.0804. The Labute approximate surface area is 234 Å². The Morgan fingerprint density at radius 1 is 1.21 bits per heavy atom. The Hall–Kier alpha value is -3.26. The van der Waals surface area contributed by atoms with Crippen molar-refractivity contribution in [3.8, 4) is 5.69 Å². The maximum absolute atomic E-state index is 14.0. The van der Waals surface area contributed by atoms with Gasteiger partial charge in [0.15, 0.2) is 5.65 Å². The van der Waals surface area contributed by atoms with E-state index in [4.69, 9.17) is 16.6 Å². The van der Waals surface area contributed by atoms with Crippen LogP contribution in [0.1, 0.15) is 76.8 Å². The van der Waals surface area contributed by atoms with Gasteiger partial charge in [0.05, 0.1) is 27.5 Å². The molecule has 9 heteroatoms. The molecule has 2 fully saturated rings. The van der Waals surface area contributed by atoms with E-state index in [1.54, 1.807) is 10.8 Å². The third-order valence-corrected chi connectivity index (χ3v) is 8.62. The molecule has 3 aromatic rings. The Balaban J connectivity index is 1.77. The zero-order valence-electron chi connectivity index (χ0n) is 23.8. The van der Waals surface area contributed by atoms with Crippen LogP contribution < -0.4 is 10.6 Å². The van der Waals surface area contributed by atoms with Crippen LogP contribution in [-0.4, -0.2) is 55.5 Å². The maximum atomic E-state index is 14.0. The van der Waals surface area contributed by atoms with Crippen LogP contribution in [0.3, 0.4) is 0 Å². The van der Waals surface area contributed by atoms with E-state index >= 15 is 0 Å². The van der Waals surface area contributed by atoms with Crippen molar-refractivity contribution >= 4 is 34.4 Å². The Kier molecular flexibility index (Phi) is 6.82. The molecule has 1 amide bonds. The fourth-order valence-corrected chi connectivity index (χ4v) is 6.13. The number of aromatic nitrogens is 4. The third kappa shape index (κ3) is 4.62. The Morgan fingerprint density at radius 2 is 1.90 bits per heavy atom. The molecule has 0 unspecified atom stereocenters. The zero-order chi connectivity index (χ0) is 28.4. The molecule has 2 aliphatic rings. The molecule has 4 heterocycles. The van der Waals surface area contributed by atoms with Crippen LogP contribution in [0, 0.1) is 12.3 Å². The van der Waals surface area contributed by atoms with Crippen LogP contribution in [0.4, 0.5) is 5.82 Å². The smallest absolute Gasteiger partial charge is 0.349 e. The first kappa shape index (κ1) is 27.3. The largest absolute Gasteiger partial charge is 0.355 e. The highest BCUT2D eigenvalue weighted by molar-refractivity contribution is 6.32. The van der Waals surface area contributed by atoms with Gasteiger partial charge in [0.1, 0.15) is 5.82 Å². The molecule has 5 rings (SSSR count). The number of anilines is 1. The number of pyridine rings is 2. The molecule has 1 aliphatic carbocycles. The van der Waals surface area contributed by atoms with Gasteiger partial charge in [-0.25, -0.2) is 14.3 Å². The average Bonchev–Trinajstić information content (AvgIpc) is 3.51. The van der Waals surface area contributed by atoms with E-state index in [2.05, 4.69) is 49.1 Å². The number of amides is 1. The predicted octanol–water partition coefficient (Wildman–Crippen LogP) is 5.39. The molecular weight excluding hydrogens is 512 g/mol. The molecular formula is C30H37ClN6O2. The van der Waals surface area contributed by atoms with Gasteiger partial charge >= 0.3 is 5.69 Å². The predicted molar refractivity (Wildman–Crippen MR) is 156 cm³/mol. The lowest BCUT2D eigenvalue weighted by Crippen LogP contribution is -2.58. The number of aryl methyl sites for hydroxylation is 1. The van der Waals surface area contributed by atoms with Gasteiger partial charge in [-0.15, -0.1) is 0 Å². The number of carbonyl (C=O) groups excluding carboxylic acids is 1. The topological polar surface area (TPSA) is 84.2 Å². The van der Waals surface area contributed by atoms with Gasteiger partial charge in [0.25, 0.3) is 0 Å². The summed E-state index contributed by atoms with van der Waals surface area (Å²) in [6.45, 7) is 19.2. The number of halogens is 1. The highest BCUT2D eigenvalue weighted by Gasteiger charge is 2.48. The number of hydrogen-bond acceptors (Lipinski definition) is 6. The van der Waals surface area contributed by atoms with Crippen LogP contribution in [0.15, 0.2) is 35.8 Å². The second-order valence-electron chi connectivity index (χ2n) is 12.1. The molecule has 1 saturated heterocycles. The summed E-state index contributed by atoms with van der Waals surface area (Å²) in [5.41, 5.74) is 3.52. The van der Waals surface area contributed by atoms with Gasteiger partial charge < -0.3 is 9.80 Å². The molecule has 0 aromatic carbocycles. The second kappa shape index (κ2) is 9.73. The van der Waals surface area contributed by atoms with Gasteiger partial charge in [0, 0.05) is 37.3 Å². The number of nitrogens with zero attached hydrogens (tertiary/aromatic N) is 6. The van der Waals surface area contributed by atoms with Gasteiger partial charge in [0.2, 0.25) is 5.91 Å². The quantitative estimate of drug-likeness (QED) is 0.398. The van der Waals surface area contributed by atoms with Gasteiger partial charge in [-0.3, -0.25) is 9.78 Å². The maximum Gasteiger partial charge on any atom is 0.355 e.